The smallest absolute Gasteiger partial charge is 0.331 e. The number of nitrogens with one attached hydrogen (secondary N) is 1. The fourth-order valence-corrected chi connectivity index (χ4v) is 2.76. The van der Waals surface area contributed by atoms with Crippen LogP contribution >= 0.6 is 0 Å². The fraction of sp³-hybridized carbons (Fsp3) is 0.0833. The molecule has 3 aromatic rings. The molecule has 3 aromatic carbocycles. The van der Waals surface area contributed by atoms with Gasteiger partial charge in [-0.2, -0.15) is 0 Å². The largest absolute Gasteiger partial charge is 0.496 e. The summed E-state index contributed by atoms with van der Waals surface area (Å²) in [6.45, 7) is 0. The number of benzene rings is 3. The topological polar surface area (TPSA) is 64.6 Å². The van der Waals surface area contributed by atoms with Gasteiger partial charge in [0.2, 0.25) is 6.10 Å². The molecule has 1 N–H and O–H groups in total. The van der Waals surface area contributed by atoms with Gasteiger partial charge in [0, 0.05) is 22.9 Å². The van der Waals surface area contributed by atoms with Gasteiger partial charge in [-0.3, -0.25) is 4.79 Å². The SMILES string of the molecule is COc1ccccc1/C=C/C(=O)OC(C(=O)Nc1ccc(F)cc1)c1ccccc1. The molecule has 0 aromatic heterocycles. The van der Waals surface area contributed by atoms with Gasteiger partial charge in [-0.25, -0.2) is 9.18 Å². The maximum atomic E-state index is 13.1. The minimum absolute atomic E-state index is 0.392. The van der Waals surface area contributed by atoms with E-state index in [9.17, 15) is 14.0 Å². The summed E-state index contributed by atoms with van der Waals surface area (Å²) in [4.78, 5) is 25.2. The third-order valence-corrected chi connectivity index (χ3v) is 4.22. The molecule has 0 aliphatic heterocycles. The van der Waals surface area contributed by atoms with Crippen LogP contribution in [0.2, 0.25) is 0 Å². The van der Waals surface area contributed by atoms with E-state index >= 15 is 0 Å². The predicted molar refractivity (Wildman–Crippen MR) is 112 cm³/mol. The number of anilines is 1. The Morgan fingerprint density at radius 1 is 0.933 bits per heavy atom. The fourth-order valence-electron chi connectivity index (χ4n) is 2.76. The van der Waals surface area contributed by atoms with Crippen molar-refractivity contribution in [1.82, 2.24) is 0 Å². The van der Waals surface area contributed by atoms with E-state index in [0.29, 0.717) is 22.6 Å². The standard InChI is InChI=1S/C24H20FNO4/c1-29-21-10-6-5-7-17(21)11-16-22(27)30-23(18-8-3-2-4-9-18)24(28)26-20-14-12-19(25)13-15-20/h2-16,23H,1H3,(H,26,28)/b16-11+. The first kappa shape index (κ1) is 20.8. The average Bonchev–Trinajstić information content (AvgIpc) is 2.78. The van der Waals surface area contributed by atoms with E-state index in [2.05, 4.69) is 5.32 Å². The van der Waals surface area contributed by atoms with Crippen molar-refractivity contribution in [3.8, 4) is 5.75 Å². The molecule has 1 amide bonds. The van der Waals surface area contributed by atoms with Gasteiger partial charge in [0.05, 0.1) is 7.11 Å². The van der Waals surface area contributed by atoms with Gasteiger partial charge in [-0.05, 0) is 36.4 Å². The maximum Gasteiger partial charge on any atom is 0.331 e. The summed E-state index contributed by atoms with van der Waals surface area (Å²) in [5, 5.41) is 2.64. The van der Waals surface area contributed by atoms with Gasteiger partial charge in [0.1, 0.15) is 11.6 Å². The lowest BCUT2D eigenvalue weighted by atomic mass is 10.1. The second kappa shape index (κ2) is 10.0. The van der Waals surface area contributed by atoms with Crippen LogP contribution in [0.1, 0.15) is 17.2 Å². The molecule has 0 heterocycles. The Hall–Kier alpha value is -3.93. The molecule has 0 saturated carbocycles. The molecule has 3 rings (SSSR count). The number of para-hydroxylation sites is 1. The lowest BCUT2D eigenvalue weighted by Crippen LogP contribution is -2.25. The van der Waals surface area contributed by atoms with Crippen LogP contribution in [0.4, 0.5) is 10.1 Å². The monoisotopic (exact) mass is 405 g/mol. The molecule has 30 heavy (non-hydrogen) atoms. The number of ether oxygens (including phenoxy) is 2. The van der Waals surface area contributed by atoms with Crippen LogP contribution < -0.4 is 10.1 Å². The van der Waals surface area contributed by atoms with Crippen molar-refractivity contribution in [3.63, 3.8) is 0 Å². The first-order chi connectivity index (χ1) is 14.6. The number of carbonyl (C=O) groups is 2. The van der Waals surface area contributed by atoms with Crippen LogP contribution in [0.15, 0.2) is 84.9 Å². The molecule has 0 spiro atoms. The minimum Gasteiger partial charge on any atom is -0.496 e. The maximum absolute atomic E-state index is 13.1. The quantitative estimate of drug-likeness (QED) is 0.454. The van der Waals surface area contributed by atoms with Crippen molar-refractivity contribution in [2.75, 3.05) is 12.4 Å². The highest BCUT2D eigenvalue weighted by atomic mass is 19.1. The zero-order valence-electron chi connectivity index (χ0n) is 16.2. The van der Waals surface area contributed by atoms with Crippen molar-refractivity contribution in [3.05, 3.63) is 102 Å². The summed E-state index contributed by atoms with van der Waals surface area (Å²) < 4.78 is 23.8. The van der Waals surface area contributed by atoms with Crippen LogP contribution in [0, 0.1) is 5.82 Å². The van der Waals surface area contributed by atoms with Crippen LogP contribution in [-0.4, -0.2) is 19.0 Å². The number of hydrogen-bond donors (Lipinski definition) is 1. The molecular formula is C24H20FNO4. The van der Waals surface area contributed by atoms with Crippen LogP contribution in [0.25, 0.3) is 6.08 Å². The van der Waals surface area contributed by atoms with E-state index in [0.717, 1.165) is 0 Å². The number of esters is 1. The number of amides is 1. The summed E-state index contributed by atoms with van der Waals surface area (Å²) in [6, 6.07) is 21.2. The van der Waals surface area contributed by atoms with Gasteiger partial charge < -0.3 is 14.8 Å². The normalized spacial score (nSPS) is 11.7. The number of carbonyl (C=O) groups excluding carboxylic acids is 2. The van der Waals surface area contributed by atoms with Crippen LogP contribution in [-0.2, 0) is 14.3 Å². The third-order valence-electron chi connectivity index (χ3n) is 4.22. The molecule has 1 unspecified atom stereocenters. The molecule has 0 bridgehead atoms. The Morgan fingerprint density at radius 2 is 1.60 bits per heavy atom. The highest BCUT2D eigenvalue weighted by Gasteiger charge is 2.24. The lowest BCUT2D eigenvalue weighted by Gasteiger charge is -2.17. The zero-order chi connectivity index (χ0) is 21.3. The zero-order valence-corrected chi connectivity index (χ0v) is 16.2. The summed E-state index contributed by atoms with van der Waals surface area (Å²) in [5.41, 5.74) is 1.60. The Kier molecular flexibility index (Phi) is 6.95. The van der Waals surface area contributed by atoms with Crippen molar-refractivity contribution in [2.24, 2.45) is 0 Å². The van der Waals surface area contributed by atoms with E-state index in [1.165, 1.54) is 37.5 Å². The Bertz CT molecular complexity index is 1030. The van der Waals surface area contributed by atoms with E-state index < -0.39 is 23.8 Å². The van der Waals surface area contributed by atoms with Crippen LogP contribution in [0.5, 0.6) is 5.75 Å². The minimum atomic E-state index is -1.17. The molecule has 0 saturated heterocycles. The Labute approximate surface area is 173 Å². The van der Waals surface area contributed by atoms with E-state index in [1.54, 1.807) is 48.5 Å². The molecular weight excluding hydrogens is 385 g/mol. The van der Waals surface area contributed by atoms with Crippen molar-refractivity contribution in [2.45, 2.75) is 6.10 Å². The van der Waals surface area contributed by atoms with Gasteiger partial charge in [-0.1, -0.05) is 48.5 Å². The first-order valence-electron chi connectivity index (χ1n) is 9.20. The van der Waals surface area contributed by atoms with Crippen molar-refractivity contribution < 1.29 is 23.5 Å². The first-order valence-corrected chi connectivity index (χ1v) is 9.20. The van der Waals surface area contributed by atoms with Crippen molar-refractivity contribution >= 4 is 23.6 Å². The van der Waals surface area contributed by atoms with Gasteiger partial charge in [0.25, 0.3) is 5.91 Å². The summed E-state index contributed by atoms with van der Waals surface area (Å²) >= 11 is 0. The molecule has 0 aliphatic carbocycles. The molecule has 0 aliphatic rings. The highest BCUT2D eigenvalue weighted by Crippen LogP contribution is 2.22. The molecule has 0 radical (unpaired) electrons. The van der Waals surface area contributed by atoms with Gasteiger partial charge >= 0.3 is 5.97 Å². The van der Waals surface area contributed by atoms with Crippen molar-refractivity contribution in [1.29, 1.82) is 0 Å². The number of halogens is 1. The molecule has 1 atom stereocenters. The predicted octanol–water partition coefficient (Wildman–Crippen LogP) is 4.77. The molecule has 152 valence electrons. The molecule has 6 heteroatoms. The summed E-state index contributed by atoms with van der Waals surface area (Å²) in [7, 11) is 1.54. The summed E-state index contributed by atoms with van der Waals surface area (Å²) in [6.07, 6.45) is 1.62. The average molecular weight is 405 g/mol. The van der Waals surface area contributed by atoms with E-state index in [-0.39, 0.29) is 0 Å². The van der Waals surface area contributed by atoms with Crippen LogP contribution in [0.3, 0.4) is 0 Å². The number of methoxy groups -OCH3 is 1. The summed E-state index contributed by atoms with van der Waals surface area (Å²) in [5.74, 6) is -1.05. The highest BCUT2D eigenvalue weighted by molar-refractivity contribution is 5.97. The Balaban J connectivity index is 1.77. The van der Waals surface area contributed by atoms with E-state index in [1.807, 2.05) is 12.1 Å². The number of rotatable bonds is 7. The number of hydrogen-bond acceptors (Lipinski definition) is 4. The molecule has 0 fully saturated rings. The van der Waals surface area contributed by atoms with Gasteiger partial charge in [0.15, 0.2) is 0 Å². The second-order valence-electron chi connectivity index (χ2n) is 6.30. The molecule has 5 nitrogen and oxygen atoms in total. The third kappa shape index (κ3) is 5.54. The lowest BCUT2D eigenvalue weighted by molar-refractivity contribution is -0.149. The van der Waals surface area contributed by atoms with Gasteiger partial charge in [-0.15, -0.1) is 0 Å². The second-order valence-corrected chi connectivity index (χ2v) is 6.30. The van der Waals surface area contributed by atoms with E-state index in [4.69, 9.17) is 9.47 Å². The Morgan fingerprint density at radius 3 is 2.30 bits per heavy atom.